The molecule has 1 aromatic rings. The van der Waals surface area contributed by atoms with E-state index in [1.807, 2.05) is 20.8 Å². The molecule has 1 heterocycles. The molecule has 0 radical (unpaired) electrons. The Hall–Kier alpha value is -1.65. The van der Waals surface area contributed by atoms with E-state index < -0.39 is 11.9 Å². The Kier molecular flexibility index (Phi) is 6.83. The second-order valence-corrected chi connectivity index (χ2v) is 2.63. The first kappa shape index (κ1) is 14.3. The molecule has 1 rings (SSSR count). The van der Waals surface area contributed by atoms with Crippen molar-refractivity contribution >= 4 is 11.8 Å². The number of hydrogen-bond acceptors (Lipinski definition) is 3. The molecule has 0 saturated heterocycles. The second kappa shape index (κ2) is 7.62. The average Bonchev–Trinajstić information content (AvgIpc) is 2.34. The highest BCUT2D eigenvalue weighted by Crippen LogP contribution is 2.18. The lowest BCUT2D eigenvalue weighted by molar-refractivity contribution is 0.186. The monoisotopic (exact) mass is 228 g/mol. The fourth-order valence-corrected chi connectivity index (χ4v) is 1.04. The van der Waals surface area contributed by atoms with Crippen LogP contribution in [0.15, 0.2) is 12.4 Å². The average molecular weight is 228 g/mol. The third-order valence-electron chi connectivity index (χ3n) is 1.77. The summed E-state index contributed by atoms with van der Waals surface area (Å²) in [6.07, 6.45) is 2.45. The van der Waals surface area contributed by atoms with Crippen LogP contribution in [0.2, 0.25) is 0 Å². The maximum Gasteiger partial charge on any atom is 0.411 e. The Morgan fingerprint density at radius 2 is 2.12 bits per heavy atom. The molecular weight excluding hydrogens is 211 g/mol. The maximum atomic E-state index is 13.2. The zero-order chi connectivity index (χ0) is 12.6. The number of carbonyl (C=O) groups excluding carboxylic acids is 1. The lowest BCUT2D eigenvalue weighted by Gasteiger charge is -2.08. The van der Waals surface area contributed by atoms with E-state index in [-0.39, 0.29) is 5.69 Å². The lowest BCUT2D eigenvalue weighted by Crippen LogP contribution is -2.14. The molecule has 0 aromatic carbocycles. The molecule has 0 saturated carbocycles. The molecule has 0 bridgehead atoms. The smallest absolute Gasteiger partial charge is 0.411 e. The van der Waals surface area contributed by atoms with Crippen molar-refractivity contribution in [1.82, 2.24) is 4.98 Å². The van der Waals surface area contributed by atoms with E-state index in [0.717, 1.165) is 6.20 Å². The summed E-state index contributed by atoms with van der Waals surface area (Å²) in [6.45, 7) is 5.85. The number of aromatic nitrogens is 1. The van der Waals surface area contributed by atoms with Gasteiger partial charge in [-0.2, -0.15) is 0 Å². The zero-order valence-corrected chi connectivity index (χ0v) is 10.0. The Balaban J connectivity index is 0.00000106. The van der Waals surface area contributed by atoms with Crippen LogP contribution in [0, 0.1) is 5.82 Å². The number of carbonyl (C=O) groups is 1. The first-order chi connectivity index (χ1) is 7.69. The van der Waals surface area contributed by atoms with Crippen molar-refractivity contribution < 1.29 is 13.9 Å². The quantitative estimate of drug-likeness (QED) is 0.846. The van der Waals surface area contributed by atoms with E-state index >= 15 is 0 Å². The number of pyridine rings is 1. The third kappa shape index (κ3) is 3.84. The molecule has 16 heavy (non-hydrogen) atoms. The predicted molar refractivity (Wildman–Crippen MR) is 60.9 cm³/mol. The van der Waals surface area contributed by atoms with Crippen LogP contribution < -0.4 is 5.32 Å². The van der Waals surface area contributed by atoms with Gasteiger partial charge in [-0.25, -0.2) is 9.18 Å². The van der Waals surface area contributed by atoms with Crippen molar-refractivity contribution in [3.63, 3.8) is 0 Å². The van der Waals surface area contributed by atoms with Crippen LogP contribution in [0.25, 0.3) is 0 Å². The van der Waals surface area contributed by atoms with Crippen molar-refractivity contribution in [3.05, 3.63) is 23.8 Å². The summed E-state index contributed by atoms with van der Waals surface area (Å²) < 4.78 is 17.6. The molecule has 0 aliphatic heterocycles. The highest BCUT2D eigenvalue weighted by Gasteiger charge is 2.10. The molecule has 1 amide bonds. The van der Waals surface area contributed by atoms with Gasteiger partial charge in [0.15, 0.2) is 5.82 Å². The number of nitrogens with one attached hydrogen (secondary N) is 1. The van der Waals surface area contributed by atoms with E-state index in [0.29, 0.717) is 12.0 Å². The molecule has 0 fully saturated rings. The number of rotatable bonds is 2. The Bertz CT molecular complexity index is 343. The number of amides is 1. The summed E-state index contributed by atoms with van der Waals surface area (Å²) in [6, 6.07) is 0. The fourth-order valence-electron chi connectivity index (χ4n) is 1.04. The van der Waals surface area contributed by atoms with Crippen molar-refractivity contribution in [2.75, 3.05) is 12.4 Å². The SMILES string of the molecule is CC.CCc1cncc(F)c1NC(=O)OC. The van der Waals surface area contributed by atoms with Gasteiger partial charge in [-0.05, 0) is 12.0 Å². The van der Waals surface area contributed by atoms with Crippen LogP contribution in [-0.2, 0) is 11.2 Å². The number of ether oxygens (including phenoxy) is 1. The van der Waals surface area contributed by atoms with Crippen LogP contribution in [-0.4, -0.2) is 18.2 Å². The molecule has 5 heteroatoms. The summed E-state index contributed by atoms with van der Waals surface area (Å²) in [4.78, 5) is 14.6. The van der Waals surface area contributed by atoms with Gasteiger partial charge in [0.25, 0.3) is 0 Å². The van der Waals surface area contributed by atoms with Crippen molar-refractivity contribution in [2.24, 2.45) is 0 Å². The molecule has 0 aliphatic carbocycles. The van der Waals surface area contributed by atoms with Crippen molar-refractivity contribution in [1.29, 1.82) is 0 Å². The van der Waals surface area contributed by atoms with Crippen LogP contribution >= 0.6 is 0 Å². The normalized spacial score (nSPS) is 8.81. The van der Waals surface area contributed by atoms with E-state index in [2.05, 4.69) is 15.0 Å². The first-order valence-corrected chi connectivity index (χ1v) is 5.16. The Morgan fingerprint density at radius 3 is 2.62 bits per heavy atom. The van der Waals surface area contributed by atoms with Gasteiger partial charge in [0.1, 0.15) is 0 Å². The minimum absolute atomic E-state index is 0.134. The van der Waals surface area contributed by atoms with E-state index in [1.54, 1.807) is 0 Å². The lowest BCUT2D eigenvalue weighted by atomic mass is 10.2. The number of methoxy groups -OCH3 is 1. The van der Waals surface area contributed by atoms with E-state index in [9.17, 15) is 9.18 Å². The topological polar surface area (TPSA) is 51.2 Å². The first-order valence-electron chi connectivity index (χ1n) is 5.16. The van der Waals surface area contributed by atoms with Gasteiger partial charge in [0.2, 0.25) is 0 Å². The van der Waals surface area contributed by atoms with Crippen LogP contribution in [0.4, 0.5) is 14.9 Å². The van der Waals surface area contributed by atoms with Gasteiger partial charge in [-0.3, -0.25) is 10.3 Å². The van der Waals surface area contributed by atoms with Gasteiger partial charge in [0, 0.05) is 6.20 Å². The molecule has 0 aliphatic rings. The van der Waals surface area contributed by atoms with Crippen LogP contribution in [0.5, 0.6) is 0 Å². The Morgan fingerprint density at radius 1 is 1.50 bits per heavy atom. The fraction of sp³-hybridized carbons (Fsp3) is 0.455. The largest absolute Gasteiger partial charge is 0.453 e. The molecule has 1 aromatic heterocycles. The minimum Gasteiger partial charge on any atom is -0.453 e. The minimum atomic E-state index is -0.690. The van der Waals surface area contributed by atoms with Crippen LogP contribution in [0.1, 0.15) is 26.3 Å². The highest BCUT2D eigenvalue weighted by molar-refractivity contribution is 5.85. The van der Waals surface area contributed by atoms with Gasteiger partial charge in [-0.1, -0.05) is 20.8 Å². The number of aryl methyl sites for hydroxylation is 1. The summed E-state index contributed by atoms with van der Waals surface area (Å²) in [5.74, 6) is -0.560. The molecule has 0 atom stereocenters. The number of hydrogen-bond donors (Lipinski definition) is 1. The van der Waals surface area contributed by atoms with Crippen molar-refractivity contribution in [2.45, 2.75) is 27.2 Å². The third-order valence-corrected chi connectivity index (χ3v) is 1.77. The van der Waals surface area contributed by atoms with Gasteiger partial charge in [0.05, 0.1) is 19.0 Å². The van der Waals surface area contributed by atoms with E-state index in [4.69, 9.17) is 0 Å². The summed E-state index contributed by atoms with van der Waals surface area (Å²) in [5.41, 5.74) is 0.768. The van der Waals surface area contributed by atoms with E-state index in [1.165, 1.54) is 13.3 Å². The Labute approximate surface area is 94.8 Å². The van der Waals surface area contributed by atoms with Gasteiger partial charge < -0.3 is 4.74 Å². The molecule has 90 valence electrons. The molecular formula is C11H17FN2O2. The number of anilines is 1. The number of nitrogens with zero attached hydrogens (tertiary/aromatic N) is 1. The molecule has 4 nitrogen and oxygen atoms in total. The standard InChI is InChI=1S/C9H11FN2O2.C2H6/c1-3-6-4-11-5-7(10)8(6)12-9(13)14-2;1-2/h4-5H,3H2,1-2H3,(H,11,12,13);1-2H3. The maximum absolute atomic E-state index is 13.2. The molecule has 1 N–H and O–H groups in total. The summed E-state index contributed by atoms with van der Waals surface area (Å²) in [5, 5.41) is 2.30. The predicted octanol–water partition coefficient (Wildman–Crippen LogP) is 2.99. The number of halogens is 1. The summed E-state index contributed by atoms with van der Waals surface area (Å²) >= 11 is 0. The second-order valence-electron chi connectivity index (χ2n) is 2.63. The van der Waals surface area contributed by atoms with Crippen LogP contribution in [0.3, 0.4) is 0 Å². The zero-order valence-electron chi connectivity index (χ0n) is 10.0. The summed E-state index contributed by atoms with van der Waals surface area (Å²) in [7, 11) is 1.22. The van der Waals surface area contributed by atoms with Crippen molar-refractivity contribution in [3.8, 4) is 0 Å². The van der Waals surface area contributed by atoms with Gasteiger partial charge in [-0.15, -0.1) is 0 Å². The molecule has 0 unspecified atom stereocenters. The molecule has 0 spiro atoms. The highest BCUT2D eigenvalue weighted by atomic mass is 19.1. The van der Waals surface area contributed by atoms with Gasteiger partial charge >= 0.3 is 6.09 Å².